The Balaban J connectivity index is 1.86. The number of amides is 3. The van der Waals surface area contributed by atoms with Crippen LogP contribution in [-0.4, -0.2) is 58.2 Å². The third-order valence-electron chi connectivity index (χ3n) is 3.87. The smallest absolute Gasteiger partial charge is 0.315 e. The molecular weight excluding hydrogens is 326 g/mol. The number of urea groups is 1. The van der Waals surface area contributed by atoms with Gasteiger partial charge in [-0.05, 0) is 31.2 Å². The Morgan fingerprint density at radius 1 is 1.28 bits per heavy atom. The normalized spacial score (nSPS) is 17.0. The highest BCUT2D eigenvalue weighted by Crippen LogP contribution is 2.24. The zero-order valence-corrected chi connectivity index (χ0v) is 14.8. The first-order valence-corrected chi connectivity index (χ1v) is 8.20. The zero-order chi connectivity index (χ0) is 18.2. The lowest BCUT2D eigenvalue weighted by Crippen LogP contribution is -2.46. The third-order valence-corrected chi connectivity index (χ3v) is 3.87. The van der Waals surface area contributed by atoms with E-state index in [1.807, 2.05) is 31.2 Å². The Labute approximate surface area is 147 Å². The highest BCUT2D eigenvalue weighted by atomic mass is 16.7. The molecule has 1 saturated heterocycles. The maximum absolute atomic E-state index is 12.2. The topological polar surface area (TPSA) is 89.1 Å². The number of anilines is 1. The molecule has 8 nitrogen and oxygen atoms in total. The van der Waals surface area contributed by atoms with Crippen molar-refractivity contribution in [3.63, 3.8) is 0 Å². The van der Waals surface area contributed by atoms with Gasteiger partial charge in [0.15, 0.2) is 6.29 Å². The predicted octanol–water partition coefficient (Wildman–Crippen LogP) is 1.11. The Kier molecular flexibility index (Phi) is 7.03. The van der Waals surface area contributed by atoms with Gasteiger partial charge in [0, 0.05) is 32.9 Å². The van der Waals surface area contributed by atoms with E-state index >= 15 is 0 Å². The Morgan fingerprint density at radius 2 is 1.96 bits per heavy atom. The van der Waals surface area contributed by atoms with Gasteiger partial charge in [0.05, 0.1) is 19.2 Å². The van der Waals surface area contributed by atoms with E-state index in [4.69, 9.17) is 14.2 Å². The number of carbonyl (C=O) groups is 2. The van der Waals surface area contributed by atoms with E-state index in [-0.39, 0.29) is 30.9 Å². The van der Waals surface area contributed by atoms with Gasteiger partial charge in [-0.2, -0.15) is 0 Å². The molecule has 1 aliphatic heterocycles. The maximum Gasteiger partial charge on any atom is 0.315 e. The second kappa shape index (κ2) is 9.24. The average molecular weight is 351 g/mol. The summed E-state index contributed by atoms with van der Waals surface area (Å²) in [4.78, 5) is 25.8. The van der Waals surface area contributed by atoms with Crippen molar-refractivity contribution < 1.29 is 23.8 Å². The van der Waals surface area contributed by atoms with Crippen molar-refractivity contribution in [1.82, 2.24) is 10.6 Å². The summed E-state index contributed by atoms with van der Waals surface area (Å²) < 4.78 is 15.4. The molecule has 1 aromatic rings. The minimum atomic E-state index is -0.503. The fourth-order valence-electron chi connectivity index (χ4n) is 2.62. The van der Waals surface area contributed by atoms with Crippen LogP contribution in [0.2, 0.25) is 0 Å². The standard InChI is InChI=1S/C17H25N3O5/c1-4-25-14-7-5-13(6-8-14)20-11-12(9-15(20)21)19-17(22)18-10-16(23-2)24-3/h5-8,12,16H,4,9-11H2,1-3H3,(H2,18,19,22)/t12-/m0/s1. The summed E-state index contributed by atoms with van der Waals surface area (Å²) in [5.74, 6) is 0.735. The first-order chi connectivity index (χ1) is 12.1. The number of rotatable bonds is 8. The number of hydrogen-bond donors (Lipinski definition) is 2. The molecule has 1 fully saturated rings. The highest BCUT2D eigenvalue weighted by Gasteiger charge is 2.31. The summed E-state index contributed by atoms with van der Waals surface area (Å²) in [7, 11) is 3.00. The molecule has 0 spiro atoms. The summed E-state index contributed by atoms with van der Waals surface area (Å²) in [6.07, 6.45) is -0.241. The summed E-state index contributed by atoms with van der Waals surface area (Å²) in [6.45, 7) is 3.16. The molecule has 1 atom stereocenters. The molecule has 1 aromatic carbocycles. The number of nitrogens with zero attached hydrogens (tertiary/aromatic N) is 1. The van der Waals surface area contributed by atoms with Crippen LogP contribution in [0, 0.1) is 0 Å². The van der Waals surface area contributed by atoms with Gasteiger partial charge in [-0.1, -0.05) is 0 Å². The first-order valence-electron chi connectivity index (χ1n) is 8.20. The number of carbonyl (C=O) groups excluding carboxylic acids is 2. The fraction of sp³-hybridized carbons (Fsp3) is 0.529. The average Bonchev–Trinajstić information content (AvgIpc) is 2.97. The molecule has 8 heteroatoms. The van der Waals surface area contributed by atoms with Crippen molar-refractivity contribution in [2.45, 2.75) is 25.7 Å². The number of ether oxygens (including phenoxy) is 3. The molecule has 1 aliphatic rings. The number of benzene rings is 1. The predicted molar refractivity (Wildman–Crippen MR) is 92.7 cm³/mol. The van der Waals surface area contributed by atoms with Crippen molar-refractivity contribution in [1.29, 1.82) is 0 Å². The molecule has 3 amide bonds. The Bertz CT molecular complexity index is 574. The molecule has 138 valence electrons. The van der Waals surface area contributed by atoms with Gasteiger partial charge in [-0.25, -0.2) is 4.79 Å². The summed E-state index contributed by atoms with van der Waals surface area (Å²) in [6, 6.07) is 6.73. The minimum Gasteiger partial charge on any atom is -0.494 e. The Morgan fingerprint density at radius 3 is 2.56 bits per heavy atom. The molecule has 25 heavy (non-hydrogen) atoms. The van der Waals surface area contributed by atoms with Crippen LogP contribution in [0.25, 0.3) is 0 Å². The van der Waals surface area contributed by atoms with Crippen LogP contribution in [0.15, 0.2) is 24.3 Å². The van der Waals surface area contributed by atoms with Gasteiger partial charge >= 0.3 is 6.03 Å². The van der Waals surface area contributed by atoms with E-state index in [2.05, 4.69) is 10.6 Å². The number of nitrogens with one attached hydrogen (secondary N) is 2. The van der Waals surface area contributed by atoms with Crippen LogP contribution < -0.4 is 20.3 Å². The molecule has 0 aliphatic carbocycles. The summed E-state index contributed by atoms with van der Waals surface area (Å²) in [5.41, 5.74) is 0.789. The van der Waals surface area contributed by atoms with Gasteiger partial charge in [0.25, 0.3) is 0 Å². The van der Waals surface area contributed by atoms with Crippen LogP contribution in [0.1, 0.15) is 13.3 Å². The molecule has 0 saturated carbocycles. The van der Waals surface area contributed by atoms with E-state index in [0.717, 1.165) is 11.4 Å². The molecule has 0 radical (unpaired) electrons. The van der Waals surface area contributed by atoms with Gasteiger partial charge in [0.2, 0.25) is 5.91 Å². The lowest BCUT2D eigenvalue weighted by molar-refractivity contribution is -0.117. The van der Waals surface area contributed by atoms with E-state index in [9.17, 15) is 9.59 Å². The summed E-state index contributed by atoms with van der Waals surface area (Å²) in [5, 5.41) is 5.45. The van der Waals surface area contributed by atoms with Gasteiger partial charge in [-0.15, -0.1) is 0 Å². The van der Waals surface area contributed by atoms with Crippen LogP contribution >= 0.6 is 0 Å². The van der Waals surface area contributed by atoms with E-state index in [0.29, 0.717) is 13.2 Å². The molecule has 0 aromatic heterocycles. The van der Waals surface area contributed by atoms with Crippen molar-refractivity contribution in [3.05, 3.63) is 24.3 Å². The van der Waals surface area contributed by atoms with E-state index in [1.54, 1.807) is 4.90 Å². The van der Waals surface area contributed by atoms with E-state index in [1.165, 1.54) is 14.2 Å². The third kappa shape index (κ3) is 5.33. The van der Waals surface area contributed by atoms with Crippen LogP contribution in [0.4, 0.5) is 10.5 Å². The van der Waals surface area contributed by atoms with Crippen molar-refractivity contribution in [3.8, 4) is 5.75 Å². The second-order valence-corrected chi connectivity index (χ2v) is 5.59. The number of hydrogen-bond acceptors (Lipinski definition) is 5. The Hall–Kier alpha value is -2.32. The molecule has 0 bridgehead atoms. The lowest BCUT2D eigenvalue weighted by atomic mass is 10.2. The molecular formula is C17H25N3O5. The van der Waals surface area contributed by atoms with Crippen LogP contribution in [0.3, 0.4) is 0 Å². The second-order valence-electron chi connectivity index (χ2n) is 5.59. The fourth-order valence-corrected chi connectivity index (χ4v) is 2.62. The zero-order valence-electron chi connectivity index (χ0n) is 14.8. The van der Waals surface area contributed by atoms with E-state index < -0.39 is 6.29 Å². The van der Waals surface area contributed by atoms with Gasteiger partial charge < -0.3 is 29.7 Å². The molecule has 1 heterocycles. The first kappa shape index (κ1) is 19.0. The summed E-state index contributed by atoms with van der Waals surface area (Å²) >= 11 is 0. The monoisotopic (exact) mass is 351 g/mol. The van der Waals surface area contributed by atoms with Crippen molar-refractivity contribution in [2.75, 3.05) is 38.8 Å². The lowest BCUT2D eigenvalue weighted by Gasteiger charge is -2.18. The quantitative estimate of drug-likeness (QED) is 0.685. The van der Waals surface area contributed by atoms with Crippen molar-refractivity contribution in [2.24, 2.45) is 0 Å². The van der Waals surface area contributed by atoms with Crippen LogP contribution in [-0.2, 0) is 14.3 Å². The molecule has 2 rings (SSSR count). The SMILES string of the molecule is CCOc1ccc(N2C[C@@H](NC(=O)NCC(OC)OC)CC2=O)cc1. The minimum absolute atomic E-state index is 0.0267. The molecule has 2 N–H and O–H groups in total. The highest BCUT2D eigenvalue weighted by molar-refractivity contribution is 5.96. The largest absolute Gasteiger partial charge is 0.494 e. The van der Waals surface area contributed by atoms with Crippen molar-refractivity contribution >= 4 is 17.6 Å². The van der Waals surface area contributed by atoms with Crippen LogP contribution in [0.5, 0.6) is 5.75 Å². The van der Waals surface area contributed by atoms with Gasteiger partial charge in [0.1, 0.15) is 5.75 Å². The molecule has 0 unspecified atom stereocenters. The maximum atomic E-state index is 12.2. The van der Waals surface area contributed by atoms with Gasteiger partial charge in [-0.3, -0.25) is 4.79 Å². The number of methoxy groups -OCH3 is 2.